The zero-order chi connectivity index (χ0) is 14.1. The Morgan fingerprint density at radius 3 is 2.79 bits per heavy atom. The summed E-state index contributed by atoms with van der Waals surface area (Å²) in [6.07, 6.45) is 6.51. The van der Waals surface area contributed by atoms with Crippen LogP contribution in [-0.4, -0.2) is 41.5 Å². The molecule has 3 nitrogen and oxygen atoms in total. The van der Waals surface area contributed by atoms with E-state index in [-0.39, 0.29) is 0 Å². The molecule has 1 aromatic heterocycles. The van der Waals surface area contributed by atoms with E-state index in [4.69, 9.17) is 0 Å². The number of rotatable bonds is 9. The third-order valence-corrected chi connectivity index (χ3v) is 3.95. The van der Waals surface area contributed by atoms with Gasteiger partial charge < -0.3 is 5.32 Å². The predicted octanol–water partition coefficient (Wildman–Crippen LogP) is 3.48. The summed E-state index contributed by atoms with van der Waals surface area (Å²) in [5.74, 6) is 2.20. The van der Waals surface area contributed by atoms with Crippen molar-refractivity contribution in [2.45, 2.75) is 39.3 Å². The number of thioether (sulfide) groups is 1. The van der Waals surface area contributed by atoms with Crippen molar-refractivity contribution in [3.05, 3.63) is 23.9 Å². The van der Waals surface area contributed by atoms with Crippen LogP contribution in [0.1, 0.15) is 32.3 Å². The van der Waals surface area contributed by atoms with Crippen molar-refractivity contribution < 1.29 is 0 Å². The number of nitrogens with one attached hydrogen (secondary N) is 1. The Balaban J connectivity index is 2.43. The van der Waals surface area contributed by atoms with Crippen molar-refractivity contribution in [2.24, 2.45) is 0 Å². The maximum atomic E-state index is 4.45. The fourth-order valence-electron chi connectivity index (χ4n) is 1.83. The molecular formula is C15H27N3S. The van der Waals surface area contributed by atoms with Gasteiger partial charge in [0, 0.05) is 25.3 Å². The smallest absolute Gasteiger partial charge is 0.125 e. The molecule has 1 atom stereocenters. The monoisotopic (exact) mass is 281 g/mol. The molecule has 108 valence electrons. The van der Waals surface area contributed by atoms with E-state index in [1.807, 2.05) is 18.0 Å². The quantitative estimate of drug-likeness (QED) is 0.750. The Kier molecular flexibility index (Phi) is 7.91. The Labute approximate surface area is 122 Å². The van der Waals surface area contributed by atoms with E-state index in [0.29, 0.717) is 6.04 Å². The van der Waals surface area contributed by atoms with Gasteiger partial charge in [0.1, 0.15) is 5.82 Å². The lowest BCUT2D eigenvalue weighted by Crippen LogP contribution is -2.29. The minimum atomic E-state index is 0.616. The van der Waals surface area contributed by atoms with E-state index < -0.39 is 0 Å². The van der Waals surface area contributed by atoms with Crippen LogP contribution >= 0.6 is 11.8 Å². The fraction of sp³-hybridized carbons (Fsp3) is 0.667. The third-order valence-electron chi connectivity index (χ3n) is 3.31. The third kappa shape index (κ3) is 6.30. The van der Waals surface area contributed by atoms with Gasteiger partial charge in [-0.3, -0.25) is 4.90 Å². The SMILES string of the molecule is CCCNc1ccc(CN(C)C(C)CCSC)cn1. The highest BCUT2D eigenvalue weighted by atomic mass is 32.2. The van der Waals surface area contributed by atoms with Crippen LogP contribution in [0.15, 0.2) is 18.3 Å². The van der Waals surface area contributed by atoms with E-state index >= 15 is 0 Å². The molecule has 0 aliphatic heterocycles. The molecule has 19 heavy (non-hydrogen) atoms. The fourth-order valence-corrected chi connectivity index (χ4v) is 2.41. The highest BCUT2D eigenvalue weighted by Gasteiger charge is 2.09. The van der Waals surface area contributed by atoms with E-state index in [2.05, 4.69) is 54.5 Å². The van der Waals surface area contributed by atoms with Gasteiger partial charge in [0.2, 0.25) is 0 Å². The largest absolute Gasteiger partial charge is 0.370 e. The molecule has 0 amide bonds. The molecule has 0 spiro atoms. The highest BCUT2D eigenvalue weighted by Crippen LogP contribution is 2.11. The van der Waals surface area contributed by atoms with Crippen LogP contribution in [0.2, 0.25) is 0 Å². The average molecular weight is 281 g/mol. The summed E-state index contributed by atoms with van der Waals surface area (Å²) in [4.78, 5) is 6.84. The van der Waals surface area contributed by atoms with Gasteiger partial charge in [0.15, 0.2) is 0 Å². The van der Waals surface area contributed by atoms with Crippen molar-refractivity contribution >= 4 is 17.6 Å². The molecule has 1 aromatic rings. The van der Waals surface area contributed by atoms with Crippen molar-refractivity contribution in [3.63, 3.8) is 0 Å². The summed E-state index contributed by atoms with van der Waals surface area (Å²) in [7, 11) is 2.19. The summed E-state index contributed by atoms with van der Waals surface area (Å²) in [5, 5.41) is 3.30. The van der Waals surface area contributed by atoms with Crippen molar-refractivity contribution in [1.29, 1.82) is 0 Å². The molecule has 1 rings (SSSR count). The molecule has 0 aromatic carbocycles. The molecule has 1 heterocycles. The van der Waals surface area contributed by atoms with E-state index in [1.54, 1.807) is 0 Å². The number of hydrogen-bond acceptors (Lipinski definition) is 4. The van der Waals surface area contributed by atoms with Crippen LogP contribution in [0.5, 0.6) is 0 Å². The molecule has 1 N–H and O–H groups in total. The zero-order valence-corrected chi connectivity index (χ0v) is 13.5. The number of nitrogens with zero attached hydrogens (tertiary/aromatic N) is 2. The second-order valence-electron chi connectivity index (χ2n) is 5.02. The number of hydrogen-bond donors (Lipinski definition) is 1. The molecule has 1 unspecified atom stereocenters. The minimum absolute atomic E-state index is 0.616. The van der Waals surface area contributed by atoms with Gasteiger partial charge >= 0.3 is 0 Å². The van der Waals surface area contributed by atoms with Gasteiger partial charge in [-0.25, -0.2) is 4.98 Å². The first-order valence-corrected chi connectivity index (χ1v) is 8.44. The summed E-state index contributed by atoms with van der Waals surface area (Å²) >= 11 is 1.92. The Hall–Kier alpha value is -0.740. The zero-order valence-electron chi connectivity index (χ0n) is 12.6. The molecule has 0 bridgehead atoms. The van der Waals surface area contributed by atoms with Crippen molar-refractivity contribution in [1.82, 2.24) is 9.88 Å². The summed E-state index contributed by atoms with van der Waals surface area (Å²) in [6, 6.07) is 4.86. The molecule has 4 heteroatoms. The lowest BCUT2D eigenvalue weighted by Gasteiger charge is -2.24. The summed E-state index contributed by atoms with van der Waals surface area (Å²) < 4.78 is 0. The normalized spacial score (nSPS) is 12.7. The van der Waals surface area contributed by atoms with Crippen LogP contribution < -0.4 is 5.32 Å². The van der Waals surface area contributed by atoms with Gasteiger partial charge in [-0.1, -0.05) is 13.0 Å². The maximum Gasteiger partial charge on any atom is 0.125 e. The first-order valence-electron chi connectivity index (χ1n) is 7.05. The number of aromatic nitrogens is 1. The van der Waals surface area contributed by atoms with Crippen LogP contribution in [0.25, 0.3) is 0 Å². The standard InChI is InChI=1S/C15H27N3S/c1-5-9-16-15-7-6-14(11-17-15)12-18(3)13(2)8-10-19-4/h6-7,11,13H,5,8-10,12H2,1-4H3,(H,16,17). The molecule has 0 saturated carbocycles. The summed E-state index contributed by atoms with van der Waals surface area (Å²) in [5.41, 5.74) is 1.28. The molecule has 0 radical (unpaired) electrons. The minimum Gasteiger partial charge on any atom is -0.370 e. The second kappa shape index (κ2) is 9.21. The Morgan fingerprint density at radius 2 is 2.21 bits per heavy atom. The number of anilines is 1. The predicted molar refractivity (Wildman–Crippen MR) is 86.9 cm³/mol. The van der Waals surface area contributed by atoms with E-state index in [1.165, 1.54) is 17.7 Å². The van der Waals surface area contributed by atoms with E-state index in [9.17, 15) is 0 Å². The van der Waals surface area contributed by atoms with E-state index in [0.717, 1.165) is 25.3 Å². The molecule has 0 aliphatic rings. The van der Waals surface area contributed by atoms with Crippen molar-refractivity contribution in [2.75, 3.05) is 30.9 Å². The summed E-state index contributed by atoms with van der Waals surface area (Å²) in [6.45, 7) is 6.40. The van der Waals surface area contributed by atoms with Gasteiger partial charge in [-0.05, 0) is 50.5 Å². The lowest BCUT2D eigenvalue weighted by molar-refractivity contribution is 0.245. The Morgan fingerprint density at radius 1 is 1.42 bits per heavy atom. The van der Waals surface area contributed by atoms with Crippen molar-refractivity contribution in [3.8, 4) is 0 Å². The average Bonchev–Trinajstić information content (AvgIpc) is 2.43. The van der Waals surface area contributed by atoms with Crippen LogP contribution in [0.3, 0.4) is 0 Å². The van der Waals surface area contributed by atoms with Gasteiger partial charge in [-0.2, -0.15) is 11.8 Å². The molecular weight excluding hydrogens is 254 g/mol. The van der Waals surface area contributed by atoms with Gasteiger partial charge in [0.05, 0.1) is 0 Å². The van der Waals surface area contributed by atoms with Gasteiger partial charge in [0.25, 0.3) is 0 Å². The lowest BCUT2D eigenvalue weighted by atomic mass is 10.2. The van der Waals surface area contributed by atoms with Crippen LogP contribution in [-0.2, 0) is 6.54 Å². The molecule has 0 saturated heterocycles. The molecule has 0 fully saturated rings. The molecule has 0 aliphatic carbocycles. The highest BCUT2D eigenvalue weighted by molar-refractivity contribution is 7.98. The maximum absolute atomic E-state index is 4.45. The Bertz CT molecular complexity index is 340. The van der Waals surface area contributed by atoms with Crippen LogP contribution in [0.4, 0.5) is 5.82 Å². The first-order chi connectivity index (χ1) is 9.17. The van der Waals surface area contributed by atoms with Crippen LogP contribution in [0, 0.1) is 0 Å². The van der Waals surface area contributed by atoms with Gasteiger partial charge in [-0.15, -0.1) is 0 Å². The second-order valence-corrected chi connectivity index (χ2v) is 6.01. The topological polar surface area (TPSA) is 28.2 Å². The number of pyridine rings is 1. The first kappa shape index (κ1) is 16.3.